The van der Waals surface area contributed by atoms with Crippen molar-refractivity contribution in [2.45, 2.75) is 13.0 Å². The Morgan fingerprint density at radius 3 is 2.27 bits per heavy atom. The fraction of sp³-hybridized carbons (Fsp3) is 0.0606. The molecule has 0 aliphatic rings. The van der Waals surface area contributed by atoms with Gasteiger partial charge in [0.05, 0.1) is 28.2 Å². The maximum Gasteiger partial charge on any atom is 0.262 e. The van der Waals surface area contributed by atoms with Gasteiger partial charge >= 0.3 is 0 Å². The normalized spacial score (nSPS) is 11.8. The zero-order chi connectivity index (χ0) is 28.3. The van der Waals surface area contributed by atoms with Crippen LogP contribution in [0, 0.1) is 0 Å². The number of carbonyl (C=O) groups is 1. The number of aliphatic imine (C=N–C) groups is 1. The van der Waals surface area contributed by atoms with Gasteiger partial charge in [-0.25, -0.2) is 9.98 Å². The molecule has 3 heterocycles. The highest BCUT2D eigenvalue weighted by atomic mass is 35.5. The first-order chi connectivity index (χ1) is 20.0. The Morgan fingerprint density at radius 2 is 1.61 bits per heavy atom. The van der Waals surface area contributed by atoms with E-state index in [0.717, 1.165) is 44.3 Å². The highest BCUT2D eigenvalue weighted by Gasteiger charge is 2.21. The number of halogens is 1. The molecule has 3 aromatic heterocycles. The quantitative estimate of drug-likeness (QED) is 0.186. The number of nitrogens with zero attached hydrogens (tertiary/aromatic N) is 3. The molecule has 0 aliphatic carbocycles. The monoisotopic (exact) mass is 576 g/mol. The van der Waals surface area contributed by atoms with Crippen molar-refractivity contribution < 1.29 is 9.53 Å². The minimum absolute atomic E-state index is 0.332. The van der Waals surface area contributed by atoms with Crippen molar-refractivity contribution in [2.24, 2.45) is 10.7 Å². The number of imidazole rings is 1. The minimum atomic E-state index is -0.558. The number of pyridine rings is 1. The van der Waals surface area contributed by atoms with E-state index in [1.54, 1.807) is 6.20 Å². The molecular formula is C33H25ClN4O2S. The first kappa shape index (κ1) is 26.5. The molecule has 8 heteroatoms. The van der Waals surface area contributed by atoms with Crippen molar-refractivity contribution >= 4 is 45.9 Å². The Balaban J connectivity index is 1.40. The fourth-order valence-corrected chi connectivity index (χ4v) is 5.89. The molecule has 0 spiro atoms. The fourth-order valence-electron chi connectivity index (χ4n) is 4.65. The van der Waals surface area contributed by atoms with E-state index in [9.17, 15) is 4.79 Å². The van der Waals surface area contributed by atoms with E-state index < -0.39 is 5.91 Å². The number of fused-ring (bicyclic) bond motifs is 1. The first-order valence-corrected chi connectivity index (χ1v) is 14.2. The van der Waals surface area contributed by atoms with Crippen LogP contribution in [0.5, 0.6) is 5.75 Å². The van der Waals surface area contributed by atoms with Gasteiger partial charge in [0.2, 0.25) is 0 Å². The zero-order valence-corrected chi connectivity index (χ0v) is 23.6. The van der Waals surface area contributed by atoms with Crippen LogP contribution in [-0.4, -0.2) is 21.0 Å². The lowest BCUT2D eigenvalue weighted by atomic mass is 10.0. The van der Waals surface area contributed by atoms with E-state index in [4.69, 9.17) is 27.1 Å². The van der Waals surface area contributed by atoms with Gasteiger partial charge in [0.1, 0.15) is 22.4 Å². The summed E-state index contributed by atoms with van der Waals surface area (Å²) in [7, 11) is 0. The topological polar surface area (TPSA) is 82.0 Å². The molecule has 1 amide bonds. The van der Waals surface area contributed by atoms with Crippen molar-refractivity contribution in [1.82, 2.24) is 9.38 Å². The number of carbonyl (C=O) groups excluding carboxylic acids is 1. The lowest BCUT2D eigenvalue weighted by molar-refractivity contribution is 0.0998. The van der Waals surface area contributed by atoms with Crippen LogP contribution in [0.2, 0.25) is 5.02 Å². The summed E-state index contributed by atoms with van der Waals surface area (Å²) < 4.78 is 8.18. The summed E-state index contributed by atoms with van der Waals surface area (Å²) in [6.07, 6.45) is 3.33. The molecular weight excluding hydrogens is 552 g/mol. The summed E-state index contributed by atoms with van der Waals surface area (Å²) in [4.78, 5) is 23.1. The van der Waals surface area contributed by atoms with Gasteiger partial charge in [-0.3, -0.25) is 9.20 Å². The highest BCUT2D eigenvalue weighted by molar-refractivity contribution is 7.17. The average Bonchev–Trinajstić information content (AvgIpc) is 3.61. The average molecular weight is 577 g/mol. The van der Waals surface area contributed by atoms with Crippen LogP contribution >= 0.6 is 22.9 Å². The summed E-state index contributed by atoms with van der Waals surface area (Å²) in [5, 5.41) is 0.594. The Hall–Kier alpha value is -4.72. The zero-order valence-electron chi connectivity index (χ0n) is 22.1. The van der Waals surface area contributed by atoms with Crippen LogP contribution < -0.4 is 10.5 Å². The van der Waals surface area contributed by atoms with Gasteiger partial charge in [-0.1, -0.05) is 90.5 Å². The lowest BCUT2D eigenvalue weighted by Gasteiger charge is -2.16. The van der Waals surface area contributed by atoms with E-state index >= 15 is 0 Å². The van der Waals surface area contributed by atoms with Crippen LogP contribution in [0.4, 0.5) is 5.69 Å². The van der Waals surface area contributed by atoms with Gasteiger partial charge in [0, 0.05) is 34.0 Å². The van der Waals surface area contributed by atoms with Crippen LogP contribution in [0.1, 0.15) is 39.4 Å². The van der Waals surface area contributed by atoms with Gasteiger partial charge < -0.3 is 10.5 Å². The predicted octanol–water partition coefficient (Wildman–Crippen LogP) is 8.12. The molecule has 202 valence electrons. The first-order valence-electron chi connectivity index (χ1n) is 13.0. The van der Waals surface area contributed by atoms with Gasteiger partial charge in [0.15, 0.2) is 0 Å². The lowest BCUT2D eigenvalue weighted by Crippen LogP contribution is -2.12. The van der Waals surface area contributed by atoms with Crippen molar-refractivity contribution in [3.05, 3.63) is 142 Å². The second-order valence-electron chi connectivity index (χ2n) is 9.40. The third-order valence-corrected chi connectivity index (χ3v) is 8.14. The van der Waals surface area contributed by atoms with Crippen LogP contribution in [0.25, 0.3) is 16.2 Å². The summed E-state index contributed by atoms with van der Waals surface area (Å²) in [5.41, 5.74) is 11.8. The molecule has 0 saturated carbocycles. The number of hydrogen-bond acceptors (Lipinski definition) is 5. The number of benzene rings is 3. The summed E-state index contributed by atoms with van der Waals surface area (Å²) in [5.74, 6) is -0.151. The number of rotatable bonds is 8. The largest absolute Gasteiger partial charge is 0.484 e. The van der Waals surface area contributed by atoms with Gasteiger partial charge in [-0.15, -0.1) is 11.3 Å². The molecule has 0 unspecified atom stereocenters. The molecule has 6 aromatic rings. The van der Waals surface area contributed by atoms with Gasteiger partial charge in [-0.2, -0.15) is 0 Å². The van der Waals surface area contributed by atoms with E-state index in [-0.39, 0.29) is 6.10 Å². The number of aromatic nitrogens is 2. The number of amides is 1. The predicted molar refractivity (Wildman–Crippen MR) is 166 cm³/mol. The smallest absolute Gasteiger partial charge is 0.262 e. The highest BCUT2D eigenvalue weighted by Crippen LogP contribution is 2.39. The second-order valence-corrected chi connectivity index (χ2v) is 10.9. The standard InChI is InChI=1S/C33H25ClN4O2S/c1-21(25-14-8-9-15-26(25)34)40-28-18-29(41-32(28)33(35)39)27-19-36-30-17-16-24(20-38(27)30)37-31(22-10-4-2-5-11-22)23-12-6-3-7-13-23/h2-21H,1H3,(H2,35,39)/t21-/m1/s1. The number of thiophene rings is 1. The van der Waals surface area contributed by atoms with E-state index in [2.05, 4.69) is 29.2 Å². The molecule has 0 bridgehead atoms. The molecule has 2 N–H and O–H groups in total. The number of hydrogen-bond donors (Lipinski definition) is 1. The van der Waals surface area contributed by atoms with E-state index in [0.29, 0.717) is 15.6 Å². The molecule has 0 aliphatic heterocycles. The molecule has 6 nitrogen and oxygen atoms in total. The maximum absolute atomic E-state index is 12.4. The van der Waals surface area contributed by atoms with Crippen LogP contribution in [0.3, 0.4) is 0 Å². The molecule has 0 radical (unpaired) electrons. The van der Waals surface area contributed by atoms with Crippen molar-refractivity contribution in [3.8, 4) is 16.3 Å². The molecule has 1 atom stereocenters. The summed E-state index contributed by atoms with van der Waals surface area (Å²) in [6, 6.07) is 33.4. The third-order valence-electron chi connectivity index (χ3n) is 6.65. The van der Waals surface area contributed by atoms with E-state index in [1.807, 2.05) is 96.4 Å². The van der Waals surface area contributed by atoms with Crippen LogP contribution in [-0.2, 0) is 0 Å². The molecule has 41 heavy (non-hydrogen) atoms. The number of primary amides is 1. The second kappa shape index (κ2) is 11.4. The summed E-state index contributed by atoms with van der Waals surface area (Å²) in [6.45, 7) is 1.89. The van der Waals surface area contributed by atoms with Crippen LogP contribution in [0.15, 0.2) is 121 Å². The van der Waals surface area contributed by atoms with Gasteiger partial charge in [-0.05, 0) is 25.1 Å². The molecule has 0 saturated heterocycles. The Kier molecular flexibility index (Phi) is 7.37. The van der Waals surface area contributed by atoms with Crippen molar-refractivity contribution in [1.29, 1.82) is 0 Å². The van der Waals surface area contributed by atoms with Crippen molar-refractivity contribution in [3.63, 3.8) is 0 Å². The van der Waals surface area contributed by atoms with Gasteiger partial charge in [0.25, 0.3) is 5.91 Å². The number of ether oxygens (including phenoxy) is 1. The third kappa shape index (κ3) is 5.50. The molecule has 3 aromatic carbocycles. The Bertz CT molecular complexity index is 1840. The molecule has 0 fully saturated rings. The Morgan fingerprint density at radius 1 is 0.951 bits per heavy atom. The SMILES string of the molecule is C[C@@H](Oc1cc(-c2cnc3ccc(N=C(c4ccccc4)c4ccccc4)cn23)sc1C(N)=O)c1ccccc1Cl. The van der Waals surface area contributed by atoms with E-state index in [1.165, 1.54) is 11.3 Å². The summed E-state index contributed by atoms with van der Waals surface area (Å²) >= 11 is 7.64. The maximum atomic E-state index is 12.4. The molecule has 6 rings (SSSR count). The van der Waals surface area contributed by atoms with Crippen molar-refractivity contribution in [2.75, 3.05) is 0 Å². The minimum Gasteiger partial charge on any atom is -0.484 e. The Labute approximate surface area is 246 Å². The number of nitrogens with two attached hydrogens (primary N) is 1.